The van der Waals surface area contributed by atoms with Crippen molar-refractivity contribution in [1.29, 1.82) is 0 Å². The molecule has 0 aromatic heterocycles. The first kappa shape index (κ1) is 146. The Labute approximate surface area is 883 Å². The first-order valence-electron chi connectivity index (χ1n) is 53.3. The molecule has 0 aromatic rings. The van der Waals surface area contributed by atoms with Gasteiger partial charge in [0, 0.05) is 13.2 Å². The van der Waals surface area contributed by atoms with Crippen molar-refractivity contribution < 1.29 is 227 Å². The largest absolute Gasteiger partial charge is 0.379 e. The highest BCUT2D eigenvalue weighted by atomic mass is 16.7. The van der Waals surface area contributed by atoms with Gasteiger partial charge in [-0.1, -0.05) is 6.92 Å². The quantitative estimate of drug-likeness (QED) is 0.0835. The average Bonchev–Trinajstić information content (AvgIpc) is 1.10. The predicted octanol–water partition coefficient (Wildman–Crippen LogP) is 1.15. The van der Waals surface area contributed by atoms with Gasteiger partial charge >= 0.3 is 0 Å². The summed E-state index contributed by atoms with van der Waals surface area (Å²) in [5, 5.41) is 0. The Balaban J connectivity index is 3.11. The van der Waals surface area contributed by atoms with Gasteiger partial charge in [0.1, 0.15) is 0 Å². The molecule has 0 radical (unpaired) electrons. The third kappa shape index (κ3) is 144. The van der Waals surface area contributed by atoms with Crippen LogP contribution in [0.25, 0.3) is 0 Å². The van der Waals surface area contributed by atoms with Crippen molar-refractivity contribution >= 4 is 0 Å². The molecule has 0 aliphatic rings. The van der Waals surface area contributed by atoms with Crippen LogP contribution in [0, 0.1) is 0 Å². The summed E-state index contributed by atoms with van der Waals surface area (Å²) in [6.07, 6.45) is 1.01. The van der Waals surface area contributed by atoms with Gasteiger partial charge in [0.25, 0.3) is 0 Å². The fourth-order valence-corrected chi connectivity index (χ4v) is 10.7. The number of rotatable bonds is 145. The molecule has 0 saturated carbocycles. The molecule has 0 aliphatic heterocycles. The summed E-state index contributed by atoms with van der Waals surface area (Å²) in [6, 6.07) is 0. The van der Waals surface area contributed by atoms with E-state index < -0.39 is 0 Å². The zero-order valence-electron chi connectivity index (χ0n) is 90.5. The summed E-state index contributed by atoms with van der Waals surface area (Å²) in [6.45, 7) is 49.6. The van der Waals surface area contributed by atoms with Gasteiger partial charge in [-0.05, 0) is 6.42 Å². The molecule has 0 atom stereocenters. The van der Waals surface area contributed by atoms with Crippen molar-refractivity contribution in [1.82, 2.24) is 0 Å². The monoisotopic (exact) mass is 2170 g/mol. The summed E-state index contributed by atoms with van der Waals surface area (Å²) in [5.74, 6) is 0. The summed E-state index contributed by atoms with van der Waals surface area (Å²) in [4.78, 5) is 0. The normalized spacial score (nSPS) is 11.9. The Morgan fingerprint density at radius 1 is 0.0676 bits per heavy atom. The minimum absolute atomic E-state index is 0.471. The maximum Gasteiger partial charge on any atom is 0.0701 e. The Hall–Kier alpha value is -1.96. The number of hydrogen-bond donors (Lipinski definition) is 1. The van der Waals surface area contributed by atoms with Crippen LogP contribution in [-0.2, 0) is 227 Å². The number of ether oxygens (including phenoxy) is 48. The van der Waals surface area contributed by atoms with Crippen molar-refractivity contribution in [2.45, 2.75) is 13.3 Å². The lowest BCUT2D eigenvalue weighted by Gasteiger charge is -2.09. The standard InChI is InChI=1S/C99H201NO48/c1-2-4-101-6-8-103-10-12-105-14-16-107-18-20-109-22-24-111-26-28-113-30-32-115-34-36-117-38-40-119-42-44-121-46-48-123-50-52-125-54-56-127-58-60-129-62-64-131-66-68-133-70-72-135-74-76-137-78-80-139-82-84-141-86-88-143-90-92-145-94-96-147-98-99-148-97-95-146-93-91-144-89-87-142-85-83-140-81-79-138-77-75-136-73-71-134-69-67-132-65-63-130-61-59-128-57-55-126-53-51-124-49-47-122-45-43-120-41-39-118-37-35-116-33-31-114-29-27-112-25-23-110-21-19-108-17-15-106-13-11-104-9-7-102-5-3-100/h2-100H2,1H3. The Morgan fingerprint density at radius 3 is 0.149 bits per heavy atom. The van der Waals surface area contributed by atoms with Crippen molar-refractivity contribution in [2.75, 3.05) is 641 Å². The van der Waals surface area contributed by atoms with Crippen LogP contribution < -0.4 is 5.73 Å². The van der Waals surface area contributed by atoms with Crippen molar-refractivity contribution in [3.63, 3.8) is 0 Å². The molecule has 0 saturated heterocycles. The van der Waals surface area contributed by atoms with E-state index in [1.54, 1.807) is 0 Å². The van der Waals surface area contributed by atoms with Gasteiger partial charge in [0.2, 0.25) is 0 Å². The van der Waals surface area contributed by atoms with Gasteiger partial charge in [-0.3, -0.25) is 0 Å². The lowest BCUT2D eigenvalue weighted by atomic mass is 10.5. The molecule has 0 bridgehead atoms. The first-order chi connectivity index (χ1) is 73.9. The minimum Gasteiger partial charge on any atom is -0.379 e. The third-order valence-corrected chi connectivity index (χ3v) is 18.1. The van der Waals surface area contributed by atoms with Crippen LogP contribution in [-0.4, -0.2) is 641 Å². The second kappa shape index (κ2) is 145. The highest BCUT2D eigenvalue weighted by molar-refractivity contribution is 4.50. The van der Waals surface area contributed by atoms with Crippen molar-refractivity contribution in [3.05, 3.63) is 0 Å². The summed E-state index contributed by atoms with van der Waals surface area (Å²) in [5.41, 5.74) is 5.36. The molecule has 0 fully saturated rings. The summed E-state index contributed by atoms with van der Waals surface area (Å²) >= 11 is 0. The van der Waals surface area contributed by atoms with E-state index >= 15 is 0 Å². The van der Waals surface area contributed by atoms with E-state index in [1.165, 1.54) is 0 Å². The van der Waals surface area contributed by atoms with Crippen LogP contribution >= 0.6 is 0 Å². The molecule has 0 amide bonds. The zero-order valence-corrected chi connectivity index (χ0v) is 90.5. The topological polar surface area (TPSA) is 469 Å². The molecule has 0 unspecified atom stereocenters. The van der Waals surface area contributed by atoms with Crippen molar-refractivity contribution in [2.24, 2.45) is 5.73 Å². The smallest absolute Gasteiger partial charge is 0.0701 e. The van der Waals surface area contributed by atoms with E-state index in [2.05, 4.69) is 6.92 Å². The van der Waals surface area contributed by atoms with Crippen LogP contribution in [0.4, 0.5) is 0 Å². The summed E-state index contributed by atoms with van der Waals surface area (Å²) < 4.78 is 265. The van der Waals surface area contributed by atoms with Crippen LogP contribution in [0.15, 0.2) is 0 Å². The minimum atomic E-state index is 0.471. The molecule has 890 valence electrons. The van der Waals surface area contributed by atoms with Crippen LogP contribution in [0.1, 0.15) is 13.3 Å². The second-order valence-electron chi connectivity index (χ2n) is 30.2. The molecule has 148 heavy (non-hydrogen) atoms. The third-order valence-electron chi connectivity index (χ3n) is 18.1. The molecular weight excluding hydrogens is 1970 g/mol. The Bertz CT molecular complexity index is 1880. The van der Waals surface area contributed by atoms with E-state index in [4.69, 9.17) is 233 Å². The van der Waals surface area contributed by atoms with Gasteiger partial charge < -0.3 is 233 Å². The molecule has 0 spiro atoms. The molecule has 49 nitrogen and oxygen atoms in total. The Kier molecular flexibility index (Phi) is 143. The van der Waals surface area contributed by atoms with Gasteiger partial charge in [-0.25, -0.2) is 0 Å². The fourth-order valence-electron chi connectivity index (χ4n) is 10.7. The molecular formula is C99H201NO48. The van der Waals surface area contributed by atoms with Crippen LogP contribution in [0.3, 0.4) is 0 Å². The van der Waals surface area contributed by atoms with Crippen LogP contribution in [0.2, 0.25) is 0 Å². The van der Waals surface area contributed by atoms with E-state index in [9.17, 15) is 0 Å². The molecule has 49 heteroatoms. The maximum absolute atomic E-state index is 5.56. The molecule has 0 aromatic carbocycles. The van der Waals surface area contributed by atoms with Gasteiger partial charge in [0.15, 0.2) is 0 Å². The highest BCUT2D eigenvalue weighted by Crippen LogP contribution is 1.98. The predicted molar refractivity (Wildman–Crippen MR) is 539 cm³/mol. The van der Waals surface area contributed by atoms with Crippen LogP contribution in [0.5, 0.6) is 0 Å². The van der Waals surface area contributed by atoms with E-state index in [0.29, 0.717) is 634 Å². The van der Waals surface area contributed by atoms with Gasteiger partial charge in [-0.15, -0.1) is 0 Å². The molecule has 0 heterocycles. The maximum atomic E-state index is 5.56. The first-order valence-corrected chi connectivity index (χ1v) is 53.3. The van der Waals surface area contributed by atoms with E-state index in [1.807, 2.05) is 0 Å². The van der Waals surface area contributed by atoms with Gasteiger partial charge in [-0.2, -0.15) is 0 Å². The lowest BCUT2D eigenvalue weighted by molar-refractivity contribution is -0.0330. The Morgan fingerprint density at radius 2 is 0.108 bits per heavy atom. The summed E-state index contributed by atoms with van der Waals surface area (Å²) in [7, 11) is 0. The van der Waals surface area contributed by atoms with Gasteiger partial charge in [0.05, 0.1) is 628 Å². The fraction of sp³-hybridized carbons (Fsp3) is 1.00. The number of nitrogens with two attached hydrogens (primary N) is 1. The van der Waals surface area contributed by atoms with E-state index in [-0.39, 0.29) is 0 Å². The average molecular weight is 2170 g/mol. The number of hydrogen-bond acceptors (Lipinski definition) is 49. The SMILES string of the molecule is CCCOCCOCCOCCOCCOCCOCCOCCOCCOCCOCCOCCOCCOCCOCCOCCOCCOCCOCCOCCOCCOCCOCCOCCOCCOCCOCCOCCOCCOCCOCCOCCOCCOCCOCCOCCOCCOCCOCCOCCOCCOCCOCCOCCOCCOCCOCCOCCOCCN. The zero-order chi connectivity index (χ0) is 105. The highest BCUT2D eigenvalue weighted by Gasteiger charge is 2.08. The molecule has 0 rings (SSSR count). The van der Waals surface area contributed by atoms with E-state index in [0.717, 1.165) is 13.0 Å². The lowest BCUT2D eigenvalue weighted by Crippen LogP contribution is -2.16. The van der Waals surface area contributed by atoms with Crippen molar-refractivity contribution in [3.8, 4) is 0 Å². The second-order valence-corrected chi connectivity index (χ2v) is 30.2. The molecule has 0 aliphatic carbocycles. The molecule has 2 N–H and O–H groups in total.